The molecule has 0 atom stereocenters. The van der Waals surface area contributed by atoms with Gasteiger partial charge in [0.05, 0.1) is 19.8 Å². The Balaban J connectivity index is 3.47. The fourth-order valence-electron chi connectivity index (χ4n) is 0.536. The van der Waals surface area contributed by atoms with Crippen molar-refractivity contribution in [1.29, 1.82) is 0 Å². The van der Waals surface area contributed by atoms with Crippen LogP contribution in [-0.2, 0) is 14.0 Å². The zero-order valence-corrected chi connectivity index (χ0v) is 7.78. The monoisotopic (exact) mass is 182 g/mol. The summed E-state index contributed by atoms with van der Waals surface area (Å²) in [6.07, 6.45) is 1.66. The van der Waals surface area contributed by atoms with Crippen LogP contribution in [0.2, 0.25) is 0 Å². The molecule has 0 amide bonds. The third-order valence-electron chi connectivity index (χ3n) is 0.976. The van der Waals surface area contributed by atoms with Crippen LogP contribution in [-0.4, -0.2) is 7.32 Å². The zero-order chi connectivity index (χ0) is 9.94. The Kier molecular flexibility index (Phi) is 9.99. The van der Waals surface area contributed by atoms with Crippen molar-refractivity contribution in [2.75, 3.05) is 0 Å². The predicted molar refractivity (Wildman–Crippen MR) is 51.8 cm³/mol. The summed E-state index contributed by atoms with van der Waals surface area (Å²) in [5, 5.41) is 0. The van der Waals surface area contributed by atoms with Crippen molar-refractivity contribution in [3.63, 3.8) is 0 Å². The first-order valence-electron chi connectivity index (χ1n) is 4.14. The predicted octanol–water partition coefficient (Wildman–Crippen LogP) is 2.18. The van der Waals surface area contributed by atoms with Crippen LogP contribution in [0.5, 0.6) is 0 Å². The molecule has 0 unspecified atom stereocenters. The highest BCUT2D eigenvalue weighted by molar-refractivity contribution is 6.36. The summed E-state index contributed by atoms with van der Waals surface area (Å²) < 4.78 is 15.1. The molecule has 0 rings (SSSR count). The van der Waals surface area contributed by atoms with Gasteiger partial charge in [-0.25, -0.2) is 0 Å². The Labute approximate surface area is 81.9 Å². The van der Waals surface area contributed by atoms with Gasteiger partial charge >= 0.3 is 7.32 Å². The summed E-state index contributed by atoms with van der Waals surface area (Å²) >= 11 is 0. The molecule has 0 aliphatic heterocycles. The van der Waals surface area contributed by atoms with Gasteiger partial charge in [0.2, 0.25) is 0 Å². The third kappa shape index (κ3) is 8.28. The smallest absolute Gasteiger partial charge is 0.380 e. The summed E-state index contributed by atoms with van der Waals surface area (Å²) in [5.74, 6) is 0. The Hall–Kier alpha value is -0.0551. The van der Waals surface area contributed by atoms with Crippen LogP contribution in [0, 0.1) is 40.6 Å². The molecule has 0 saturated carbocycles. The summed E-state index contributed by atoms with van der Waals surface area (Å²) in [7, 11) is -0.745. The van der Waals surface area contributed by atoms with Crippen LogP contribution in [0.4, 0.5) is 0 Å². The van der Waals surface area contributed by atoms with Gasteiger partial charge in [0.15, 0.2) is 0 Å². The molecule has 0 spiro atoms. The molecule has 0 aliphatic carbocycles. The van der Waals surface area contributed by atoms with Gasteiger partial charge in [-0.3, -0.25) is 0 Å². The first kappa shape index (κ1) is 12.9. The molecular weight excluding hydrogens is 167 g/mol. The topological polar surface area (TPSA) is 27.7 Å². The molecule has 0 N–H and O–H groups in total. The SMILES string of the molecule is [CH2]C[CH]OB(O[CH]C[CH2])O[CH]C[CH2]. The molecule has 0 aromatic heterocycles. The fourth-order valence-corrected chi connectivity index (χ4v) is 0.536. The van der Waals surface area contributed by atoms with Gasteiger partial charge in [-0.15, -0.1) is 0 Å². The first-order valence-corrected chi connectivity index (χ1v) is 4.14. The Bertz CT molecular complexity index is 81.8. The minimum Gasteiger partial charge on any atom is -0.380 e. The lowest BCUT2D eigenvalue weighted by Crippen LogP contribution is -2.24. The normalized spacial score (nSPS) is 10.4. The average Bonchev–Trinajstić information content (AvgIpc) is 2.17. The van der Waals surface area contributed by atoms with Gasteiger partial charge in [-0.2, -0.15) is 0 Å². The van der Waals surface area contributed by atoms with Gasteiger partial charge in [0, 0.05) is 0 Å². The van der Waals surface area contributed by atoms with Crippen molar-refractivity contribution in [2.24, 2.45) is 0 Å². The van der Waals surface area contributed by atoms with Crippen molar-refractivity contribution in [1.82, 2.24) is 0 Å². The Morgan fingerprint density at radius 2 is 1.08 bits per heavy atom. The number of rotatable bonds is 9. The largest absolute Gasteiger partial charge is 0.640 e. The highest BCUT2D eigenvalue weighted by Crippen LogP contribution is 2.03. The van der Waals surface area contributed by atoms with E-state index in [-0.39, 0.29) is 0 Å². The minimum absolute atomic E-state index is 0.554. The van der Waals surface area contributed by atoms with Gasteiger partial charge in [-0.1, -0.05) is 20.8 Å². The molecule has 0 heterocycles. The summed E-state index contributed by atoms with van der Waals surface area (Å²) in [4.78, 5) is 0. The van der Waals surface area contributed by atoms with Crippen molar-refractivity contribution in [3.05, 3.63) is 40.6 Å². The van der Waals surface area contributed by atoms with Crippen molar-refractivity contribution in [3.8, 4) is 0 Å². The fraction of sp³-hybridized carbons (Fsp3) is 0.333. The Morgan fingerprint density at radius 3 is 1.31 bits per heavy atom. The molecule has 3 nitrogen and oxygen atoms in total. The highest BCUT2D eigenvalue weighted by atomic mass is 16.7. The maximum atomic E-state index is 5.05. The van der Waals surface area contributed by atoms with E-state index in [0.717, 1.165) is 0 Å². The maximum Gasteiger partial charge on any atom is 0.640 e. The second-order valence-electron chi connectivity index (χ2n) is 2.06. The van der Waals surface area contributed by atoms with Crippen LogP contribution < -0.4 is 0 Å². The van der Waals surface area contributed by atoms with E-state index in [1.54, 1.807) is 0 Å². The standard InChI is InChI=1S/C9H15BO3/c1-4-7-11-10(12-8-5-2)13-9-6-3/h7-9H,1-6H2. The second kappa shape index (κ2) is 10.0. The van der Waals surface area contributed by atoms with Crippen molar-refractivity contribution >= 4 is 7.32 Å². The molecule has 0 bridgehead atoms. The number of hydrogen-bond donors (Lipinski definition) is 0. The first-order chi connectivity index (χ1) is 6.35. The number of hydrogen-bond acceptors (Lipinski definition) is 3. The van der Waals surface area contributed by atoms with E-state index in [2.05, 4.69) is 20.8 Å². The molecule has 13 heavy (non-hydrogen) atoms. The van der Waals surface area contributed by atoms with E-state index in [1.165, 1.54) is 19.8 Å². The molecule has 4 heteroatoms. The maximum absolute atomic E-state index is 5.05. The zero-order valence-electron chi connectivity index (χ0n) is 7.78. The van der Waals surface area contributed by atoms with Gasteiger partial charge < -0.3 is 14.0 Å². The highest BCUT2D eigenvalue weighted by Gasteiger charge is 2.20. The van der Waals surface area contributed by atoms with Crippen molar-refractivity contribution in [2.45, 2.75) is 19.3 Å². The lowest BCUT2D eigenvalue weighted by molar-refractivity contribution is 0.163. The van der Waals surface area contributed by atoms with E-state index in [4.69, 9.17) is 14.0 Å². The molecule has 0 saturated heterocycles. The molecule has 0 aromatic rings. The van der Waals surface area contributed by atoms with Crippen LogP contribution >= 0.6 is 0 Å². The average molecular weight is 182 g/mol. The van der Waals surface area contributed by atoms with E-state index < -0.39 is 7.32 Å². The molecule has 0 aromatic carbocycles. The summed E-state index contributed by atoms with van der Waals surface area (Å²) in [6, 6.07) is 0. The summed E-state index contributed by atoms with van der Waals surface area (Å²) in [6.45, 7) is 15.3. The van der Waals surface area contributed by atoms with E-state index in [9.17, 15) is 0 Å². The quantitative estimate of drug-likeness (QED) is 0.511. The summed E-state index contributed by atoms with van der Waals surface area (Å²) in [5.41, 5.74) is 0. The third-order valence-corrected chi connectivity index (χ3v) is 0.976. The van der Waals surface area contributed by atoms with Crippen LogP contribution in [0.25, 0.3) is 0 Å². The molecule has 72 valence electrons. The lowest BCUT2D eigenvalue weighted by atomic mass is 10.2. The van der Waals surface area contributed by atoms with E-state index in [0.29, 0.717) is 19.3 Å². The Morgan fingerprint density at radius 1 is 0.769 bits per heavy atom. The second-order valence-corrected chi connectivity index (χ2v) is 2.06. The van der Waals surface area contributed by atoms with Gasteiger partial charge in [-0.05, 0) is 19.3 Å². The van der Waals surface area contributed by atoms with Gasteiger partial charge in [0.25, 0.3) is 0 Å². The van der Waals surface area contributed by atoms with Crippen LogP contribution in [0.15, 0.2) is 0 Å². The molecule has 6 radical (unpaired) electrons. The van der Waals surface area contributed by atoms with Crippen molar-refractivity contribution < 1.29 is 14.0 Å². The van der Waals surface area contributed by atoms with Gasteiger partial charge in [0.1, 0.15) is 0 Å². The molecule has 0 fully saturated rings. The molecular formula is C9H15BO3. The van der Waals surface area contributed by atoms with E-state index >= 15 is 0 Å². The van der Waals surface area contributed by atoms with Crippen LogP contribution in [0.1, 0.15) is 19.3 Å². The molecule has 0 aliphatic rings. The van der Waals surface area contributed by atoms with E-state index in [1.807, 2.05) is 0 Å². The lowest BCUT2D eigenvalue weighted by Gasteiger charge is -2.11. The van der Waals surface area contributed by atoms with Crippen LogP contribution in [0.3, 0.4) is 0 Å². The minimum atomic E-state index is -0.745.